The van der Waals surface area contributed by atoms with Crippen LogP contribution in [0.15, 0.2) is 54.6 Å². The molecule has 2 unspecified atom stereocenters. The lowest BCUT2D eigenvalue weighted by atomic mass is 10.0. The SMILES string of the molecule is NC(Cc1ccccc1)C(O)CNc1cccc([N+](=O)[O-])c1. The van der Waals surface area contributed by atoms with Crippen molar-refractivity contribution in [2.24, 2.45) is 5.73 Å². The number of hydrogen-bond donors (Lipinski definition) is 3. The fraction of sp³-hybridized carbons (Fsp3) is 0.250. The van der Waals surface area contributed by atoms with Crippen molar-refractivity contribution in [2.45, 2.75) is 18.6 Å². The first-order valence-corrected chi connectivity index (χ1v) is 7.02. The number of aliphatic hydroxyl groups excluding tert-OH is 1. The zero-order valence-corrected chi connectivity index (χ0v) is 12.1. The molecule has 0 aliphatic rings. The van der Waals surface area contributed by atoms with Gasteiger partial charge in [-0.05, 0) is 18.1 Å². The molecule has 4 N–H and O–H groups in total. The minimum atomic E-state index is -0.750. The van der Waals surface area contributed by atoms with Crippen molar-refractivity contribution >= 4 is 11.4 Å². The number of nitro groups is 1. The molecule has 2 aromatic carbocycles. The maximum Gasteiger partial charge on any atom is 0.271 e. The van der Waals surface area contributed by atoms with E-state index in [2.05, 4.69) is 5.32 Å². The number of rotatable bonds is 7. The van der Waals surface area contributed by atoms with Crippen LogP contribution >= 0.6 is 0 Å². The summed E-state index contributed by atoms with van der Waals surface area (Å²) in [4.78, 5) is 10.3. The molecule has 0 aromatic heterocycles. The number of nitrogens with one attached hydrogen (secondary N) is 1. The fourth-order valence-electron chi connectivity index (χ4n) is 2.13. The maximum absolute atomic E-state index is 10.7. The molecule has 116 valence electrons. The average molecular weight is 301 g/mol. The first-order valence-electron chi connectivity index (χ1n) is 7.02. The zero-order valence-electron chi connectivity index (χ0n) is 12.1. The van der Waals surface area contributed by atoms with E-state index in [1.807, 2.05) is 30.3 Å². The summed E-state index contributed by atoms with van der Waals surface area (Å²) >= 11 is 0. The molecule has 0 saturated carbocycles. The van der Waals surface area contributed by atoms with Gasteiger partial charge in [-0.2, -0.15) is 0 Å². The van der Waals surface area contributed by atoms with Crippen LogP contribution in [0, 0.1) is 10.1 Å². The summed E-state index contributed by atoms with van der Waals surface area (Å²) in [7, 11) is 0. The van der Waals surface area contributed by atoms with E-state index in [0.29, 0.717) is 12.1 Å². The lowest BCUT2D eigenvalue weighted by molar-refractivity contribution is -0.384. The lowest BCUT2D eigenvalue weighted by Crippen LogP contribution is -2.41. The second-order valence-electron chi connectivity index (χ2n) is 5.11. The van der Waals surface area contributed by atoms with E-state index >= 15 is 0 Å². The second kappa shape index (κ2) is 7.53. The molecule has 6 heteroatoms. The van der Waals surface area contributed by atoms with Crippen LogP contribution in [0.1, 0.15) is 5.56 Å². The molecule has 0 aliphatic heterocycles. The molecule has 0 heterocycles. The van der Waals surface area contributed by atoms with E-state index in [-0.39, 0.29) is 12.2 Å². The molecular weight excluding hydrogens is 282 g/mol. The predicted molar refractivity (Wildman–Crippen MR) is 85.7 cm³/mol. The van der Waals surface area contributed by atoms with Gasteiger partial charge >= 0.3 is 0 Å². The minimum absolute atomic E-state index is 0.00748. The van der Waals surface area contributed by atoms with Crippen molar-refractivity contribution in [2.75, 3.05) is 11.9 Å². The van der Waals surface area contributed by atoms with Gasteiger partial charge < -0.3 is 16.2 Å². The number of nitrogens with zero attached hydrogens (tertiary/aromatic N) is 1. The molecule has 6 nitrogen and oxygen atoms in total. The van der Waals surface area contributed by atoms with E-state index < -0.39 is 17.1 Å². The largest absolute Gasteiger partial charge is 0.390 e. The third-order valence-corrected chi connectivity index (χ3v) is 3.38. The van der Waals surface area contributed by atoms with Gasteiger partial charge in [-0.3, -0.25) is 10.1 Å². The van der Waals surface area contributed by atoms with Gasteiger partial charge in [-0.25, -0.2) is 0 Å². The molecule has 0 amide bonds. The van der Waals surface area contributed by atoms with Crippen LogP contribution in [0.4, 0.5) is 11.4 Å². The average Bonchev–Trinajstić information content (AvgIpc) is 2.53. The number of nitrogens with two attached hydrogens (primary N) is 1. The van der Waals surface area contributed by atoms with Crippen LogP contribution in [0.3, 0.4) is 0 Å². The smallest absolute Gasteiger partial charge is 0.271 e. The van der Waals surface area contributed by atoms with Gasteiger partial charge in [-0.15, -0.1) is 0 Å². The van der Waals surface area contributed by atoms with E-state index in [4.69, 9.17) is 5.73 Å². The molecule has 22 heavy (non-hydrogen) atoms. The molecule has 0 aliphatic carbocycles. The predicted octanol–water partition coefficient (Wildman–Crippen LogP) is 1.94. The van der Waals surface area contributed by atoms with Crippen molar-refractivity contribution in [1.29, 1.82) is 0 Å². The maximum atomic E-state index is 10.7. The highest BCUT2D eigenvalue weighted by molar-refractivity contribution is 5.51. The van der Waals surface area contributed by atoms with Crippen LogP contribution in [0.2, 0.25) is 0 Å². The summed E-state index contributed by atoms with van der Waals surface area (Å²) in [6.45, 7) is 0.231. The molecule has 0 spiro atoms. The molecule has 0 saturated heterocycles. The highest BCUT2D eigenvalue weighted by Crippen LogP contribution is 2.17. The van der Waals surface area contributed by atoms with E-state index in [9.17, 15) is 15.2 Å². The Hall–Kier alpha value is -2.44. The summed E-state index contributed by atoms with van der Waals surface area (Å²) in [6.07, 6.45) is -0.182. The number of aliphatic hydroxyl groups is 1. The van der Waals surface area contributed by atoms with Crippen molar-refractivity contribution in [3.63, 3.8) is 0 Å². The van der Waals surface area contributed by atoms with Gasteiger partial charge in [0.1, 0.15) is 0 Å². The van der Waals surface area contributed by atoms with Crippen LogP contribution < -0.4 is 11.1 Å². The Morgan fingerprint density at radius 3 is 2.59 bits per heavy atom. The van der Waals surface area contributed by atoms with Gasteiger partial charge in [0, 0.05) is 30.4 Å². The summed E-state index contributed by atoms with van der Waals surface area (Å²) in [5, 5.41) is 23.8. The van der Waals surface area contributed by atoms with Crippen LogP contribution in [0.25, 0.3) is 0 Å². The van der Waals surface area contributed by atoms with E-state index in [0.717, 1.165) is 5.56 Å². The van der Waals surface area contributed by atoms with Crippen LogP contribution in [-0.4, -0.2) is 28.7 Å². The third kappa shape index (κ3) is 4.54. The Bertz CT molecular complexity index is 619. The summed E-state index contributed by atoms with van der Waals surface area (Å²) < 4.78 is 0. The highest BCUT2D eigenvalue weighted by Gasteiger charge is 2.15. The number of nitro benzene ring substituents is 1. The zero-order chi connectivity index (χ0) is 15.9. The Morgan fingerprint density at radius 1 is 1.18 bits per heavy atom. The second-order valence-corrected chi connectivity index (χ2v) is 5.11. The monoisotopic (exact) mass is 301 g/mol. The van der Waals surface area contributed by atoms with Crippen molar-refractivity contribution in [1.82, 2.24) is 0 Å². The van der Waals surface area contributed by atoms with Gasteiger partial charge in [0.25, 0.3) is 5.69 Å². The standard InChI is InChI=1S/C16H19N3O3/c17-15(9-12-5-2-1-3-6-12)16(20)11-18-13-7-4-8-14(10-13)19(21)22/h1-8,10,15-16,18,20H,9,11,17H2. The Morgan fingerprint density at radius 2 is 1.91 bits per heavy atom. The molecule has 2 rings (SSSR count). The molecule has 0 radical (unpaired) electrons. The Labute approximate surface area is 128 Å². The van der Waals surface area contributed by atoms with Crippen molar-refractivity contribution in [3.8, 4) is 0 Å². The first-order chi connectivity index (χ1) is 10.6. The van der Waals surface area contributed by atoms with Gasteiger partial charge in [0.15, 0.2) is 0 Å². The number of non-ortho nitro benzene ring substituents is 1. The summed E-state index contributed by atoms with van der Waals surface area (Å²) in [6, 6.07) is 15.4. The molecule has 0 bridgehead atoms. The van der Waals surface area contributed by atoms with E-state index in [1.54, 1.807) is 12.1 Å². The molecule has 2 atom stereocenters. The fourth-order valence-corrected chi connectivity index (χ4v) is 2.13. The summed E-state index contributed by atoms with van der Waals surface area (Å²) in [5.74, 6) is 0. The quantitative estimate of drug-likeness (QED) is 0.536. The van der Waals surface area contributed by atoms with Crippen LogP contribution in [0.5, 0.6) is 0 Å². The Kier molecular flexibility index (Phi) is 5.46. The topological polar surface area (TPSA) is 101 Å². The van der Waals surface area contributed by atoms with Crippen molar-refractivity contribution < 1.29 is 10.0 Å². The number of hydrogen-bond acceptors (Lipinski definition) is 5. The van der Waals surface area contributed by atoms with Gasteiger partial charge in [0.05, 0.1) is 11.0 Å². The molecule has 0 fully saturated rings. The van der Waals surface area contributed by atoms with Gasteiger partial charge in [0.2, 0.25) is 0 Å². The molecule has 2 aromatic rings. The van der Waals surface area contributed by atoms with Crippen LogP contribution in [-0.2, 0) is 6.42 Å². The normalized spacial score (nSPS) is 13.4. The summed E-state index contributed by atoms with van der Waals surface area (Å²) in [5.41, 5.74) is 7.64. The highest BCUT2D eigenvalue weighted by atomic mass is 16.6. The Balaban J connectivity index is 1.88. The van der Waals surface area contributed by atoms with Gasteiger partial charge in [-0.1, -0.05) is 36.4 Å². The first kappa shape index (κ1) is 15.9. The number of anilines is 1. The lowest BCUT2D eigenvalue weighted by Gasteiger charge is -2.20. The molecular formula is C16H19N3O3. The minimum Gasteiger partial charge on any atom is -0.390 e. The van der Waals surface area contributed by atoms with E-state index in [1.165, 1.54) is 12.1 Å². The number of benzene rings is 2. The van der Waals surface area contributed by atoms with Crippen molar-refractivity contribution in [3.05, 3.63) is 70.3 Å². The third-order valence-electron chi connectivity index (χ3n) is 3.38.